The van der Waals surface area contributed by atoms with Gasteiger partial charge in [-0.3, -0.25) is 4.79 Å². The van der Waals surface area contributed by atoms with Gasteiger partial charge < -0.3 is 10.8 Å². The van der Waals surface area contributed by atoms with Crippen LogP contribution in [-0.4, -0.2) is 33.1 Å². The fourth-order valence-electron chi connectivity index (χ4n) is 0.426. The van der Waals surface area contributed by atoms with E-state index < -0.39 is 18.1 Å². The van der Waals surface area contributed by atoms with E-state index in [4.69, 9.17) is 15.6 Å². The number of carboxylic acid groups (broad SMARTS) is 1. The maximum Gasteiger partial charge on any atom is 0.490 e. The van der Waals surface area contributed by atoms with E-state index in [1.807, 2.05) is 0 Å². The van der Waals surface area contributed by atoms with Crippen LogP contribution in [0.4, 0.5) is 13.2 Å². The van der Waals surface area contributed by atoms with E-state index in [1.165, 1.54) is 18.7 Å². The van der Waals surface area contributed by atoms with Crippen LogP contribution >= 0.6 is 0 Å². The number of carboxylic acids is 1. The Kier molecular flexibility index (Phi) is 4.86. The lowest BCUT2D eigenvalue weighted by Crippen LogP contribution is -2.21. The fourth-order valence-corrected chi connectivity index (χ4v) is 0.426. The first kappa shape index (κ1) is 13.8. The molecule has 1 aromatic heterocycles. The summed E-state index contributed by atoms with van der Waals surface area (Å²) in [5.41, 5.74) is 5.23. The van der Waals surface area contributed by atoms with Crippen LogP contribution in [0.15, 0.2) is 18.7 Å². The second-order valence-corrected chi connectivity index (χ2v) is 2.29. The van der Waals surface area contributed by atoms with Crippen LogP contribution in [0.3, 0.4) is 0 Å². The largest absolute Gasteiger partial charge is 0.490 e. The van der Waals surface area contributed by atoms with Crippen molar-refractivity contribution in [1.82, 2.24) is 9.97 Å². The number of carbonyl (C=O) groups is 2. The molecule has 0 atom stereocenters. The molecule has 0 unspecified atom stereocenters. The van der Waals surface area contributed by atoms with Gasteiger partial charge in [0.15, 0.2) is 0 Å². The Morgan fingerprint density at radius 1 is 1.25 bits per heavy atom. The maximum atomic E-state index is 10.6. The number of aromatic nitrogens is 2. The predicted molar refractivity (Wildman–Crippen MR) is 44.2 cm³/mol. The third-order valence-electron chi connectivity index (χ3n) is 1.09. The van der Waals surface area contributed by atoms with Crippen LogP contribution in [0.2, 0.25) is 0 Å². The number of carbonyl (C=O) groups excluding carboxylic acids is 1. The summed E-state index contributed by atoms with van der Waals surface area (Å²) in [6.45, 7) is 0. The molecular weight excluding hydrogens is 231 g/mol. The van der Waals surface area contributed by atoms with Crippen LogP contribution in [0.25, 0.3) is 0 Å². The number of aliphatic carboxylic acids is 1. The van der Waals surface area contributed by atoms with Gasteiger partial charge in [-0.1, -0.05) is 0 Å². The molecule has 9 heteroatoms. The number of hydrogen-bond acceptors (Lipinski definition) is 4. The van der Waals surface area contributed by atoms with E-state index in [1.54, 1.807) is 0 Å². The topological polar surface area (TPSA) is 106 Å². The molecule has 3 N–H and O–H groups in total. The van der Waals surface area contributed by atoms with Gasteiger partial charge in [0, 0.05) is 12.4 Å². The molecule has 0 bridgehead atoms. The number of amides is 1. The highest BCUT2D eigenvalue weighted by molar-refractivity contribution is 5.91. The highest BCUT2D eigenvalue weighted by atomic mass is 19.4. The summed E-state index contributed by atoms with van der Waals surface area (Å²) >= 11 is 0. The Morgan fingerprint density at radius 3 is 1.81 bits per heavy atom. The first-order valence-corrected chi connectivity index (χ1v) is 3.60. The molecule has 1 rings (SSSR count). The molecule has 0 saturated heterocycles. The molecule has 0 aromatic carbocycles. The van der Waals surface area contributed by atoms with Crippen molar-refractivity contribution in [2.24, 2.45) is 5.73 Å². The first-order chi connectivity index (χ1) is 7.25. The number of halogens is 3. The van der Waals surface area contributed by atoms with E-state index in [9.17, 15) is 18.0 Å². The number of primary amides is 1. The van der Waals surface area contributed by atoms with E-state index in [2.05, 4.69) is 9.97 Å². The predicted octanol–water partition coefficient (Wildman–Crippen LogP) is 0.209. The molecular formula is C7H6F3N3O3. The molecule has 0 fully saturated rings. The lowest BCUT2D eigenvalue weighted by molar-refractivity contribution is -0.192. The van der Waals surface area contributed by atoms with E-state index in [-0.39, 0.29) is 0 Å². The molecule has 1 amide bonds. The van der Waals surface area contributed by atoms with E-state index in [0.29, 0.717) is 5.56 Å². The van der Waals surface area contributed by atoms with Gasteiger partial charge in [-0.25, -0.2) is 14.8 Å². The number of nitrogens with zero attached hydrogens (tertiary/aromatic N) is 2. The van der Waals surface area contributed by atoms with Crippen molar-refractivity contribution in [3.05, 3.63) is 24.3 Å². The zero-order valence-electron chi connectivity index (χ0n) is 7.60. The summed E-state index contributed by atoms with van der Waals surface area (Å²) in [6.07, 6.45) is -1.00. The van der Waals surface area contributed by atoms with Gasteiger partial charge in [0.1, 0.15) is 6.33 Å². The van der Waals surface area contributed by atoms with Crippen molar-refractivity contribution in [3.8, 4) is 0 Å². The zero-order valence-corrected chi connectivity index (χ0v) is 7.60. The van der Waals surface area contributed by atoms with Crippen molar-refractivity contribution in [1.29, 1.82) is 0 Å². The summed E-state index contributed by atoms with van der Waals surface area (Å²) in [4.78, 5) is 26.4. The summed E-state index contributed by atoms with van der Waals surface area (Å²) in [6, 6.07) is 0. The van der Waals surface area contributed by atoms with Gasteiger partial charge in [0.25, 0.3) is 5.91 Å². The molecule has 0 aliphatic rings. The van der Waals surface area contributed by atoms with Crippen LogP contribution in [0, 0.1) is 0 Å². The standard InChI is InChI=1S/C5H5N3O.C2HF3O2/c6-5(9)4-1-7-3-8-2-4;3-2(4,5)1(6)7/h1-3H,(H2,6,9);(H,6,7). The molecule has 0 aliphatic carbocycles. The fraction of sp³-hybridized carbons (Fsp3) is 0.143. The van der Waals surface area contributed by atoms with Crippen LogP contribution in [0.5, 0.6) is 0 Å². The second-order valence-electron chi connectivity index (χ2n) is 2.29. The molecule has 0 aliphatic heterocycles. The van der Waals surface area contributed by atoms with Gasteiger partial charge in [-0.15, -0.1) is 0 Å². The highest BCUT2D eigenvalue weighted by Gasteiger charge is 2.38. The molecule has 88 valence electrons. The molecule has 6 nitrogen and oxygen atoms in total. The minimum Gasteiger partial charge on any atom is -0.475 e. The smallest absolute Gasteiger partial charge is 0.475 e. The summed E-state index contributed by atoms with van der Waals surface area (Å²) in [5, 5.41) is 7.12. The Labute approximate surface area is 86.9 Å². The van der Waals surface area contributed by atoms with Crippen LogP contribution < -0.4 is 5.73 Å². The van der Waals surface area contributed by atoms with Gasteiger partial charge in [-0.2, -0.15) is 13.2 Å². The van der Waals surface area contributed by atoms with Crippen molar-refractivity contribution >= 4 is 11.9 Å². The molecule has 1 heterocycles. The molecule has 0 spiro atoms. The van der Waals surface area contributed by atoms with Crippen molar-refractivity contribution in [2.45, 2.75) is 6.18 Å². The minimum absolute atomic E-state index is 0.331. The average molecular weight is 237 g/mol. The molecule has 16 heavy (non-hydrogen) atoms. The number of nitrogens with two attached hydrogens (primary N) is 1. The number of alkyl halides is 3. The minimum atomic E-state index is -5.08. The van der Waals surface area contributed by atoms with Gasteiger partial charge in [0.05, 0.1) is 5.56 Å². The third kappa shape index (κ3) is 5.52. The summed E-state index contributed by atoms with van der Waals surface area (Å²) < 4.78 is 31.7. The van der Waals surface area contributed by atoms with Crippen molar-refractivity contribution in [2.75, 3.05) is 0 Å². The molecule has 0 radical (unpaired) electrons. The normalized spacial score (nSPS) is 9.94. The molecule has 0 saturated carbocycles. The lowest BCUT2D eigenvalue weighted by Gasteiger charge is -1.93. The SMILES string of the molecule is NC(=O)c1cncnc1.O=C(O)C(F)(F)F. The molecule has 1 aromatic rings. The quantitative estimate of drug-likeness (QED) is 0.726. The summed E-state index contributed by atoms with van der Waals surface area (Å²) in [5.74, 6) is -3.26. The monoisotopic (exact) mass is 237 g/mol. The van der Waals surface area contributed by atoms with E-state index in [0.717, 1.165) is 0 Å². The average Bonchev–Trinajstić information content (AvgIpc) is 2.18. The Hall–Kier alpha value is -2.19. The Morgan fingerprint density at radius 2 is 1.62 bits per heavy atom. The van der Waals surface area contributed by atoms with Crippen molar-refractivity contribution < 1.29 is 27.9 Å². The number of hydrogen-bond donors (Lipinski definition) is 2. The maximum absolute atomic E-state index is 10.6. The number of rotatable bonds is 1. The van der Waals surface area contributed by atoms with Crippen LogP contribution in [-0.2, 0) is 4.79 Å². The summed E-state index contributed by atoms with van der Waals surface area (Å²) in [7, 11) is 0. The Bertz CT molecular complexity index is 366. The second kappa shape index (κ2) is 5.63. The zero-order chi connectivity index (χ0) is 12.8. The van der Waals surface area contributed by atoms with Gasteiger partial charge in [0.2, 0.25) is 0 Å². The Balaban J connectivity index is 0.000000293. The van der Waals surface area contributed by atoms with Crippen molar-refractivity contribution in [3.63, 3.8) is 0 Å². The lowest BCUT2D eigenvalue weighted by atomic mass is 10.3. The van der Waals surface area contributed by atoms with Gasteiger partial charge in [-0.05, 0) is 0 Å². The first-order valence-electron chi connectivity index (χ1n) is 3.60. The van der Waals surface area contributed by atoms with Gasteiger partial charge >= 0.3 is 12.1 Å². The highest BCUT2D eigenvalue weighted by Crippen LogP contribution is 2.13. The third-order valence-corrected chi connectivity index (χ3v) is 1.09. The van der Waals surface area contributed by atoms with Crippen LogP contribution in [0.1, 0.15) is 10.4 Å². The van der Waals surface area contributed by atoms with E-state index >= 15 is 0 Å².